The molecule has 1 amide bonds. The number of rotatable bonds is 5. The van der Waals surface area contributed by atoms with E-state index in [1.165, 1.54) is 0 Å². The van der Waals surface area contributed by atoms with E-state index in [4.69, 9.17) is 18.0 Å². The van der Waals surface area contributed by atoms with E-state index in [0.29, 0.717) is 16.0 Å². The summed E-state index contributed by atoms with van der Waals surface area (Å²) in [6.07, 6.45) is 0.878. The van der Waals surface area contributed by atoms with E-state index in [9.17, 15) is 18.0 Å². The van der Waals surface area contributed by atoms with E-state index in [1.54, 1.807) is 24.4 Å². The Labute approximate surface area is 136 Å². The zero-order valence-corrected chi connectivity index (χ0v) is 12.8. The fourth-order valence-corrected chi connectivity index (χ4v) is 2.69. The number of aromatic amines is 1. The monoisotopic (exact) mass is 342 g/mol. The van der Waals surface area contributed by atoms with E-state index in [1.807, 2.05) is 0 Å². The first kappa shape index (κ1) is 17.2. The molecule has 0 saturated carbocycles. The Morgan fingerprint density at radius 1 is 1.43 bits per heavy atom. The predicted octanol–water partition coefficient (Wildman–Crippen LogP) is 3.82. The molecule has 0 bridgehead atoms. The van der Waals surface area contributed by atoms with Gasteiger partial charge in [0.25, 0.3) is 0 Å². The molecule has 0 radical (unpaired) electrons. The molecule has 1 heterocycles. The van der Waals surface area contributed by atoms with Crippen LogP contribution < -0.4 is 5.32 Å². The van der Waals surface area contributed by atoms with Gasteiger partial charge in [0.05, 0.1) is 17.9 Å². The number of hydrogen-bond donors (Lipinski definition) is 2. The van der Waals surface area contributed by atoms with Gasteiger partial charge in [0, 0.05) is 29.6 Å². The minimum absolute atomic E-state index is 0.0807. The van der Waals surface area contributed by atoms with Crippen molar-refractivity contribution in [1.29, 1.82) is 0 Å². The third-order valence-corrected chi connectivity index (χ3v) is 3.61. The highest BCUT2D eigenvalue weighted by Gasteiger charge is 2.32. The van der Waals surface area contributed by atoms with E-state index >= 15 is 0 Å². The number of carbonyl (C=O) groups is 1. The maximum absolute atomic E-state index is 12.5. The first-order chi connectivity index (χ1) is 10.8. The number of carbonyl (C=O) groups excluding carboxylic acids is 1. The Morgan fingerprint density at radius 3 is 2.83 bits per heavy atom. The first-order valence-electron chi connectivity index (χ1n) is 6.84. The van der Waals surface area contributed by atoms with Crippen molar-refractivity contribution in [3.63, 3.8) is 0 Å². The van der Waals surface area contributed by atoms with Crippen LogP contribution in [0.4, 0.5) is 13.2 Å². The molecule has 0 saturated heterocycles. The highest BCUT2D eigenvalue weighted by atomic mass is 35.5. The molecular weight excluding hydrogens is 329 g/mol. The van der Waals surface area contributed by atoms with Crippen LogP contribution in [0.1, 0.15) is 18.4 Å². The summed E-state index contributed by atoms with van der Waals surface area (Å²) in [4.78, 5) is 15.0. The largest absolute Gasteiger partial charge is 0.391 e. The number of nitrogens with one attached hydrogen (secondary N) is 2. The SMILES string of the molecule is C#CCC(CC(F)(F)F)NC(=O)Cc1c[nH]c2cccc(Cl)c12. The molecule has 0 aliphatic carbocycles. The summed E-state index contributed by atoms with van der Waals surface area (Å²) in [5, 5.41) is 3.50. The number of terminal acetylenes is 1. The second kappa shape index (κ2) is 6.97. The van der Waals surface area contributed by atoms with Crippen LogP contribution >= 0.6 is 11.6 Å². The maximum atomic E-state index is 12.5. The van der Waals surface area contributed by atoms with Crippen LogP contribution in [0.25, 0.3) is 10.9 Å². The van der Waals surface area contributed by atoms with Crippen LogP contribution in [0, 0.1) is 12.3 Å². The van der Waals surface area contributed by atoms with Crippen molar-refractivity contribution in [2.24, 2.45) is 0 Å². The smallest absolute Gasteiger partial charge is 0.361 e. The summed E-state index contributed by atoms with van der Waals surface area (Å²) in [6.45, 7) is 0. The van der Waals surface area contributed by atoms with Crippen LogP contribution in [0.2, 0.25) is 5.02 Å². The molecule has 23 heavy (non-hydrogen) atoms. The number of halogens is 4. The molecule has 0 aliphatic rings. The van der Waals surface area contributed by atoms with E-state index in [2.05, 4.69) is 16.2 Å². The van der Waals surface area contributed by atoms with Gasteiger partial charge in [-0.1, -0.05) is 17.7 Å². The maximum Gasteiger partial charge on any atom is 0.391 e. The standard InChI is InChI=1S/C16H14ClF3N2O/c1-2-4-11(8-16(18,19)20)22-14(23)7-10-9-21-13-6-3-5-12(17)15(10)13/h1,3,5-6,9,11,21H,4,7-8H2,(H,22,23). The lowest BCUT2D eigenvalue weighted by molar-refractivity contribution is -0.142. The number of fused-ring (bicyclic) bond motifs is 1. The zero-order valence-electron chi connectivity index (χ0n) is 12.0. The van der Waals surface area contributed by atoms with Crippen molar-refractivity contribution in [2.45, 2.75) is 31.5 Å². The molecule has 3 nitrogen and oxygen atoms in total. The van der Waals surface area contributed by atoms with Crippen LogP contribution in [-0.4, -0.2) is 23.1 Å². The molecule has 1 unspecified atom stereocenters. The fraction of sp³-hybridized carbons (Fsp3) is 0.312. The third kappa shape index (κ3) is 4.67. The molecule has 2 rings (SSSR count). The number of amides is 1. The number of hydrogen-bond acceptors (Lipinski definition) is 1. The fourth-order valence-electron chi connectivity index (χ4n) is 2.39. The molecule has 1 aromatic heterocycles. The van der Waals surface area contributed by atoms with Gasteiger partial charge in [-0.3, -0.25) is 4.79 Å². The lowest BCUT2D eigenvalue weighted by atomic mass is 10.1. The number of alkyl halides is 3. The van der Waals surface area contributed by atoms with Crippen LogP contribution in [0.15, 0.2) is 24.4 Å². The van der Waals surface area contributed by atoms with Gasteiger partial charge in [0.1, 0.15) is 0 Å². The van der Waals surface area contributed by atoms with E-state index in [0.717, 1.165) is 5.52 Å². The summed E-state index contributed by atoms with van der Waals surface area (Å²) >= 11 is 6.10. The van der Waals surface area contributed by atoms with Gasteiger partial charge in [0.2, 0.25) is 5.91 Å². The lowest BCUT2D eigenvalue weighted by Crippen LogP contribution is -2.38. The Morgan fingerprint density at radius 2 is 2.17 bits per heavy atom. The third-order valence-electron chi connectivity index (χ3n) is 3.29. The average Bonchev–Trinajstić information content (AvgIpc) is 2.81. The van der Waals surface area contributed by atoms with Gasteiger partial charge < -0.3 is 10.3 Å². The second-order valence-corrected chi connectivity index (χ2v) is 5.55. The summed E-state index contributed by atoms with van der Waals surface area (Å²) in [5.74, 6) is 1.62. The molecule has 7 heteroatoms. The molecule has 0 spiro atoms. The number of benzene rings is 1. The van der Waals surface area contributed by atoms with Crippen molar-refractivity contribution in [3.8, 4) is 12.3 Å². The lowest BCUT2D eigenvalue weighted by Gasteiger charge is -2.18. The van der Waals surface area contributed by atoms with Crippen LogP contribution in [0.3, 0.4) is 0 Å². The first-order valence-corrected chi connectivity index (χ1v) is 7.22. The zero-order chi connectivity index (χ0) is 17.0. The van der Waals surface area contributed by atoms with E-state index < -0.39 is 24.5 Å². The van der Waals surface area contributed by atoms with Gasteiger partial charge >= 0.3 is 6.18 Å². The Bertz CT molecular complexity index is 746. The quantitative estimate of drug-likeness (QED) is 0.797. The Kier molecular flexibility index (Phi) is 5.22. The van der Waals surface area contributed by atoms with Crippen molar-refractivity contribution >= 4 is 28.4 Å². The van der Waals surface area contributed by atoms with Crippen molar-refractivity contribution in [3.05, 3.63) is 35.0 Å². The summed E-state index contributed by atoms with van der Waals surface area (Å²) in [6, 6.07) is 4.11. The normalized spacial score (nSPS) is 12.8. The van der Waals surface area contributed by atoms with Crippen LogP contribution in [-0.2, 0) is 11.2 Å². The molecule has 122 valence electrons. The minimum Gasteiger partial charge on any atom is -0.361 e. The molecule has 2 N–H and O–H groups in total. The molecule has 0 aliphatic heterocycles. The van der Waals surface area contributed by atoms with Crippen LogP contribution in [0.5, 0.6) is 0 Å². The predicted molar refractivity (Wildman–Crippen MR) is 83.1 cm³/mol. The highest BCUT2D eigenvalue weighted by molar-refractivity contribution is 6.35. The molecule has 1 aromatic carbocycles. The Hall–Kier alpha value is -2.13. The summed E-state index contributed by atoms with van der Waals surface area (Å²) in [5.41, 5.74) is 1.38. The van der Waals surface area contributed by atoms with Crippen molar-refractivity contribution < 1.29 is 18.0 Å². The van der Waals surface area contributed by atoms with Gasteiger partial charge in [-0.15, -0.1) is 12.3 Å². The van der Waals surface area contributed by atoms with Crippen molar-refractivity contribution in [1.82, 2.24) is 10.3 Å². The van der Waals surface area contributed by atoms with E-state index in [-0.39, 0.29) is 12.8 Å². The second-order valence-electron chi connectivity index (χ2n) is 5.15. The molecule has 2 aromatic rings. The molecule has 1 atom stereocenters. The average molecular weight is 343 g/mol. The minimum atomic E-state index is -4.39. The summed E-state index contributed by atoms with van der Waals surface area (Å²) < 4.78 is 37.4. The molecular formula is C16H14ClF3N2O. The summed E-state index contributed by atoms with van der Waals surface area (Å²) in [7, 11) is 0. The number of aromatic nitrogens is 1. The van der Waals surface area contributed by atoms with Crippen molar-refractivity contribution in [2.75, 3.05) is 0 Å². The van der Waals surface area contributed by atoms with Gasteiger partial charge in [-0.25, -0.2) is 0 Å². The Balaban J connectivity index is 2.09. The van der Waals surface area contributed by atoms with Gasteiger partial charge in [-0.05, 0) is 17.7 Å². The van der Waals surface area contributed by atoms with Gasteiger partial charge in [0.15, 0.2) is 0 Å². The number of H-pyrrole nitrogens is 1. The highest BCUT2D eigenvalue weighted by Crippen LogP contribution is 2.27. The molecule has 0 fully saturated rings. The van der Waals surface area contributed by atoms with Gasteiger partial charge in [-0.2, -0.15) is 13.2 Å². The topological polar surface area (TPSA) is 44.9 Å².